The molecule has 4 rings (SSSR count). The molecule has 5 heteroatoms. The second kappa shape index (κ2) is 11.3. The number of nitrogens with one attached hydrogen (secondary N) is 1. The topological polar surface area (TPSA) is 48.5 Å². The van der Waals surface area contributed by atoms with Gasteiger partial charge in [-0.3, -0.25) is 14.7 Å². The first-order valence-electron chi connectivity index (χ1n) is 12.0. The van der Waals surface area contributed by atoms with Crippen molar-refractivity contribution in [3.63, 3.8) is 0 Å². The van der Waals surface area contributed by atoms with Crippen molar-refractivity contribution in [2.75, 3.05) is 44.2 Å². The SMILES string of the molecule is O=C(NCCCN1CCN(c2ccccc2)CC1)c1ccc(CCC2CCCC2)cn1. The number of hydrogen-bond acceptors (Lipinski definition) is 4. The summed E-state index contributed by atoms with van der Waals surface area (Å²) < 4.78 is 0. The van der Waals surface area contributed by atoms with Gasteiger partial charge in [0.25, 0.3) is 5.91 Å². The number of pyridine rings is 1. The van der Waals surface area contributed by atoms with Gasteiger partial charge in [-0.2, -0.15) is 0 Å². The molecule has 1 aliphatic carbocycles. The maximum Gasteiger partial charge on any atom is 0.269 e. The van der Waals surface area contributed by atoms with Gasteiger partial charge in [0.05, 0.1) is 0 Å². The molecule has 2 heterocycles. The summed E-state index contributed by atoms with van der Waals surface area (Å²) in [5.74, 6) is 0.834. The first kappa shape index (κ1) is 21.8. The molecule has 1 amide bonds. The number of benzene rings is 1. The summed E-state index contributed by atoms with van der Waals surface area (Å²) in [6, 6.07) is 14.6. The molecule has 31 heavy (non-hydrogen) atoms. The molecule has 1 saturated heterocycles. The molecule has 2 fully saturated rings. The number of carbonyl (C=O) groups is 1. The van der Waals surface area contributed by atoms with E-state index < -0.39 is 0 Å². The van der Waals surface area contributed by atoms with Crippen LogP contribution in [0.15, 0.2) is 48.7 Å². The van der Waals surface area contributed by atoms with E-state index in [0.717, 1.165) is 51.5 Å². The van der Waals surface area contributed by atoms with E-state index in [-0.39, 0.29) is 5.91 Å². The number of piperazine rings is 1. The zero-order chi connectivity index (χ0) is 21.3. The first-order valence-corrected chi connectivity index (χ1v) is 12.0. The van der Waals surface area contributed by atoms with Crippen molar-refractivity contribution in [1.29, 1.82) is 0 Å². The number of anilines is 1. The van der Waals surface area contributed by atoms with Crippen molar-refractivity contribution < 1.29 is 4.79 Å². The number of aromatic nitrogens is 1. The molecule has 1 aliphatic heterocycles. The minimum absolute atomic E-state index is 0.0590. The Morgan fingerprint density at radius 2 is 1.77 bits per heavy atom. The standard InChI is InChI=1S/C26H36N4O/c31-26(25-14-13-23(21-28-25)12-11-22-7-4-5-8-22)27-15-6-16-29-17-19-30(20-18-29)24-9-2-1-3-10-24/h1-3,9-10,13-14,21-22H,4-8,11-12,15-20H2,(H,27,31). The molecular formula is C26H36N4O. The minimum Gasteiger partial charge on any atom is -0.369 e. The van der Waals surface area contributed by atoms with Crippen molar-refractivity contribution in [2.45, 2.75) is 44.9 Å². The van der Waals surface area contributed by atoms with Gasteiger partial charge in [0.2, 0.25) is 0 Å². The van der Waals surface area contributed by atoms with E-state index in [1.807, 2.05) is 12.3 Å². The van der Waals surface area contributed by atoms with Crippen LogP contribution in [0.2, 0.25) is 0 Å². The van der Waals surface area contributed by atoms with Crippen LogP contribution in [0.25, 0.3) is 0 Å². The van der Waals surface area contributed by atoms with E-state index in [9.17, 15) is 4.79 Å². The average Bonchev–Trinajstić information content (AvgIpc) is 3.35. The van der Waals surface area contributed by atoms with Crippen LogP contribution >= 0.6 is 0 Å². The van der Waals surface area contributed by atoms with E-state index in [1.54, 1.807) is 0 Å². The number of amides is 1. The molecular weight excluding hydrogens is 384 g/mol. The van der Waals surface area contributed by atoms with Gasteiger partial charge < -0.3 is 10.2 Å². The summed E-state index contributed by atoms with van der Waals surface area (Å²) in [6.45, 7) is 6.00. The predicted molar refractivity (Wildman–Crippen MR) is 127 cm³/mol. The highest BCUT2D eigenvalue weighted by Crippen LogP contribution is 2.28. The molecule has 0 spiro atoms. The van der Waals surface area contributed by atoms with Gasteiger partial charge in [0, 0.05) is 44.6 Å². The molecule has 0 bridgehead atoms. The molecule has 166 valence electrons. The highest BCUT2D eigenvalue weighted by atomic mass is 16.1. The third-order valence-electron chi connectivity index (χ3n) is 6.80. The van der Waals surface area contributed by atoms with Gasteiger partial charge in [-0.1, -0.05) is 49.9 Å². The second-order valence-electron chi connectivity index (χ2n) is 9.01. The third kappa shape index (κ3) is 6.54. The number of nitrogens with zero attached hydrogens (tertiary/aromatic N) is 3. The number of para-hydroxylation sites is 1. The van der Waals surface area contributed by atoms with E-state index in [4.69, 9.17) is 0 Å². The molecule has 0 radical (unpaired) electrons. The fourth-order valence-electron chi connectivity index (χ4n) is 4.84. The Labute approximate surface area is 186 Å². The summed E-state index contributed by atoms with van der Waals surface area (Å²) in [6.07, 6.45) is 10.8. The van der Waals surface area contributed by atoms with Crippen molar-refractivity contribution in [3.05, 3.63) is 59.9 Å². The van der Waals surface area contributed by atoms with Gasteiger partial charge in [0.1, 0.15) is 5.69 Å². The molecule has 0 unspecified atom stereocenters. The predicted octanol–water partition coefficient (Wildman–Crippen LogP) is 4.15. The Hall–Kier alpha value is -2.40. The lowest BCUT2D eigenvalue weighted by atomic mass is 9.99. The van der Waals surface area contributed by atoms with E-state index in [0.29, 0.717) is 12.2 Å². The molecule has 5 nitrogen and oxygen atoms in total. The van der Waals surface area contributed by atoms with Crippen LogP contribution in [-0.2, 0) is 6.42 Å². The molecule has 1 N–H and O–H groups in total. The summed E-state index contributed by atoms with van der Waals surface area (Å²) >= 11 is 0. The van der Waals surface area contributed by atoms with Crippen LogP contribution in [0.4, 0.5) is 5.69 Å². The van der Waals surface area contributed by atoms with Crippen molar-refractivity contribution >= 4 is 11.6 Å². The first-order chi connectivity index (χ1) is 15.3. The summed E-state index contributed by atoms with van der Waals surface area (Å²) in [5.41, 5.74) is 3.09. The monoisotopic (exact) mass is 420 g/mol. The molecule has 1 aromatic carbocycles. The van der Waals surface area contributed by atoms with Gasteiger partial charge in [0.15, 0.2) is 0 Å². The van der Waals surface area contributed by atoms with Crippen LogP contribution < -0.4 is 10.2 Å². The lowest BCUT2D eigenvalue weighted by Crippen LogP contribution is -2.47. The lowest BCUT2D eigenvalue weighted by Gasteiger charge is -2.36. The van der Waals surface area contributed by atoms with E-state index in [2.05, 4.69) is 56.5 Å². The molecule has 1 saturated carbocycles. The number of rotatable bonds is 9. The Kier molecular flexibility index (Phi) is 7.94. The van der Waals surface area contributed by atoms with Crippen molar-refractivity contribution in [2.24, 2.45) is 5.92 Å². The number of hydrogen-bond donors (Lipinski definition) is 1. The van der Waals surface area contributed by atoms with Gasteiger partial charge >= 0.3 is 0 Å². The average molecular weight is 421 g/mol. The smallest absolute Gasteiger partial charge is 0.269 e. The zero-order valence-electron chi connectivity index (χ0n) is 18.6. The highest BCUT2D eigenvalue weighted by Gasteiger charge is 2.17. The maximum absolute atomic E-state index is 12.4. The summed E-state index contributed by atoms with van der Waals surface area (Å²) in [7, 11) is 0. The zero-order valence-corrected chi connectivity index (χ0v) is 18.6. The fourth-order valence-corrected chi connectivity index (χ4v) is 4.84. The van der Waals surface area contributed by atoms with Crippen LogP contribution in [0.5, 0.6) is 0 Å². The van der Waals surface area contributed by atoms with Crippen LogP contribution in [0.1, 0.15) is 54.6 Å². The maximum atomic E-state index is 12.4. The van der Waals surface area contributed by atoms with Crippen LogP contribution in [-0.4, -0.2) is 55.1 Å². The lowest BCUT2D eigenvalue weighted by molar-refractivity contribution is 0.0946. The van der Waals surface area contributed by atoms with Crippen molar-refractivity contribution in [3.8, 4) is 0 Å². The van der Waals surface area contributed by atoms with E-state index >= 15 is 0 Å². The Balaban J connectivity index is 1.11. The second-order valence-corrected chi connectivity index (χ2v) is 9.01. The van der Waals surface area contributed by atoms with Gasteiger partial charge in [-0.25, -0.2) is 0 Å². The normalized spacial score (nSPS) is 17.7. The van der Waals surface area contributed by atoms with Gasteiger partial charge in [-0.15, -0.1) is 0 Å². The largest absolute Gasteiger partial charge is 0.369 e. The van der Waals surface area contributed by atoms with Gasteiger partial charge in [-0.05, 0) is 55.5 Å². The summed E-state index contributed by atoms with van der Waals surface area (Å²) in [4.78, 5) is 21.7. The molecule has 0 atom stereocenters. The number of aryl methyl sites for hydroxylation is 1. The molecule has 2 aromatic rings. The quantitative estimate of drug-likeness (QED) is 0.619. The fraction of sp³-hybridized carbons (Fsp3) is 0.538. The highest BCUT2D eigenvalue weighted by molar-refractivity contribution is 5.92. The minimum atomic E-state index is -0.0590. The number of carbonyl (C=O) groups excluding carboxylic acids is 1. The molecule has 2 aliphatic rings. The van der Waals surface area contributed by atoms with Crippen LogP contribution in [0.3, 0.4) is 0 Å². The Morgan fingerprint density at radius 3 is 2.48 bits per heavy atom. The summed E-state index contributed by atoms with van der Waals surface area (Å²) in [5, 5.41) is 3.03. The van der Waals surface area contributed by atoms with Crippen LogP contribution in [0, 0.1) is 5.92 Å². The molecule has 1 aromatic heterocycles. The Bertz CT molecular complexity index is 794. The Morgan fingerprint density at radius 1 is 1.00 bits per heavy atom. The third-order valence-corrected chi connectivity index (χ3v) is 6.80. The van der Waals surface area contributed by atoms with Crippen molar-refractivity contribution in [1.82, 2.24) is 15.2 Å². The van der Waals surface area contributed by atoms with E-state index in [1.165, 1.54) is 43.4 Å².